The highest BCUT2D eigenvalue weighted by Gasteiger charge is 2.31. The van der Waals surface area contributed by atoms with Crippen LogP contribution in [0.3, 0.4) is 0 Å². The number of carbonyl (C=O) groups excluding carboxylic acids is 1. The van der Waals surface area contributed by atoms with Crippen molar-refractivity contribution in [2.75, 3.05) is 7.11 Å². The summed E-state index contributed by atoms with van der Waals surface area (Å²) in [7, 11) is 1.38. The van der Waals surface area contributed by atoms with Crippen molar-refractivity contribution in [3.8, 4) is 0 Å². The normalized spacial score (nSPS) is 18.4. The standard InChI is InChI=1S/C14H15BrN2O2S/c1-3-10-11(13(18)19-2)12(17-14(20)16-10)8-5-4-6-9(15)7-8/h4-7,12H,3H2,1-2H3,(H2,16,17,20). The summed E-state index contributed by atoms with van der Waals surface area (Å²) in [5.41, 5.74) is 2.32. The second-order valence-corrected chi connectivity index (χ2v) is 5.65. The van der Waals surface area contributed by atoms with Crippen molar-refractivity contribution in [1.29, 1.82) is 0 Å². The van der Waals surface area contributed by atoms with Crippen LogP contribution in [-0.2, 0) is 9.53 Å². The third kappa shape index (κ3) is 3.02. The van der Waals surface area contributed by atoms with Crippen LogP contribution in [0.1, 0.15) is 24.9 Å². The number of rotatable bonds is 3. The smallest absolute Gasteiger partial charge is 0.337 e. The molecule has 1 aliphatic heterocycles. The Hall–Kier alpha value is -1.40. The summed E-state index contributed by atoms with van der Waals surface area (Å²) in [5, 5.41) is 6.68. The molecular weight excluding hydrogens is 340 g/mol. The molecule has 0 spiro atoms. The van der Waals surface area contributed by atoms with Gasteiger partial charge in [0.2, 0.25) is 0 Å². The number of esters is 1. The molecule has 1 atom stereocenters. The Morgan fingerprint density at radius 3 is 2.85 bits per heavy atom. The van der Waals surface area contributed by atoms with Crippen molar-refractivity contribution >= 4 is 39.2 Å². The van der Waals surface area contributed by atoms with E-state index in [2.05, 4.69) is 26.6 Å². The third-order valence-electron chi connectivity index (χ3n) is 3.09. The van der Waals surface area contributed by atoms with Gasteiger partial charge in [0.05, 0.1) is 18.7 Å². The Balaban J connectivity index is 2.53. The van der Waals surface area contributed by atoms with Gasteiger partial charge >= 0.3 is 5.97 Å². The highest BCUT2D eigenvalue weighted by atomic mass is 79.9. The first-order valence-corrected chi connectivity index (χ1v) is 7.41. The molecule has 0 amide bonds. The fourth-order valence-electron chi connectivity index (χ4n) is 2.18. The van der Waals surface area contributed by atoms with Crippen LogP contribution in [0.5, 0.6) is 0 Å². The van der Waals surface area contributed by atoms with Gasteiger partial charge in [-0.25, -0.2) is 4.79 Å². The number of thiocarbonyl (C=S) groups is 1. The average Bonchev–Trinajstić information content (AvgIpc) is 2.45. The molecule has 20 heavy (non-hydrogen) atoms. The van der Waals surface area contributed by atoms with Crippen molar-refractivity contribution in [1.82, 2.24) is 10.6 Å². The van der Waals surface area contributed by atoms with Crippen LogP contribution in [0.2, 0.25) is 0 Å². The minimum atomic E-state index is -0.352. The topological polar surface area (TPSA) is 50.4 Å². The first-order chi connectivity index (χ1) is 9.56. The Morgan fingerprint density at radius 2 is 2.25 bits per heavy atom. The molecule has 1 aromatic rings. The second kappa shape index (κ2) is 6.37. The molecule has 1 aromatic carbocycles. The lowest BCUT2D eigenvalue weighted by Crippen LogP contribution is -2.45. The molecule has 4 nitrogen and oxygen atoms in total. The summed E-state index contributed by atoms with van der Waals surface area (Å²) in [4.78, 5) is 12.1. The Labute approximate surface area is 131 Å². The Kier molecular flexibility index (Phi) is 4.77. The monoisotopic (exact) mass is 354 g/mol. The van der Waals surface area contributed by atoms with Gasteiger partial charge in [-0.3, -0.25) is 0 Å². The van der Waals surface area contributed by atoms with Crippen LogP contribution in [0.15, 0.2) is 40.0 Å². The van der Waals surface area contributed by atoms with Crippen LogP contribution in [0.25, 0.3) is 0 Å². The number of benzene rings is 1. The van der Waals surface area contributed by atoms with Crippen LogP contribution in [-0.4, -0.2) is 18.2 Å². The third-order valence-corrected chi connectivity index (χ3v) is 3.81. The van der Waals surface area contributed by atoms with Gasteiger partial charge < -0.3 is 15.4 Å². The van der Waals surface area contributed by atoms with E-state index < -0.39 is 0 Å². The molecule has 2 N–H and O–H groups in total. The fraction of sp³-hybridized carbons (Fsp3) is 0.286. The summed E-state index contributed by atoms with van der Waals surface area (Å²) in [6.45, 7) is 1.97. The minimum Gasteiger partial charge on any atom is -0.466 e. The van der Waals surface area contributed by atoms with Gasteiger partial charge in [0, 0.05) is 10.2 Å². The predicted octanol–water partition coefficient (Wildman–Crippen LogP) is 2.81. The minimum absolute atomic E-state index is 0.302. The molecule has 1 unspecified atom stereocenters. The molecule has 6 heteroatoms. The lowest BCUT2D eigenvalue weighted by atomic mass is 9.94. The number of halogens is 1. The van der Waals surface area contributed by atoms with E-state index >= 15 is 0 Å². The Bertz CT molecular complexity index is 586. The van der Waals surface area contributed by atoms with Crippen molar-refractivity contribution in [3.05, 3.63) is 45.6 Å². The van der Waals surface area contributed by atoms with Crippen LogP contribution >= 0.6 is 28.1 Å². The number of carbonyl (C=O) groups is 1. The highest BCUT2D eigenvalue weighted by Crippen LogP contribution is 2.30. The van der Waals surface area contributed by atoms with Gasteiger partial charge in [0.25, 0.3) is 0 Å². The zero-order valence-corrected chi connectivity index (χ0v) is 13.6. The summed E-state index contributed by atoms with van der Waals surface area (Å²) >= 11 is 8.66. The van der Waals surface area contributed by atoms with E-state index in [1.54, 1.807) is 0 Å². The largest absolute Gasteiger partial charge is 0.466 e. The van der Waals surface area contributed by atoms with E-state index in [1.165, 1.54) is 7.11 Å². The number of hydrogen-bond donors (Lipinski definition) is 2. The van der Waals surface area contributed by atoms with Gasteiger partial charge in [0.15, 0.2) is 5.11 Å². The van der Waals surface area contributed by atoms with Crippen LogP contribution in [0, 0.1) is 0 Å². The van der Waals surface area contributed by atoms with Gasteiger partial charge in [-0.15, -0.1) is 0 Å². The number of allylic oxidation sites excluding steroid dienone is 1. The van der Waals surface area contributed by atoms with E-state index in [1.807, 2.05) is 31.2 Å². The highest BCUT2D eigenvalue weighted by molar-refractivity contribution is 9.10. The molecule has 0 fully saturated rings. The van der Waals surface area contributed by atoms with E-state index in [9.17, 15) is 4.79 Å². The van der Waals surface area contributed by atoms with E-state index in [-0.39, 0.29) is 12.0 Å². The lowest BCUT2D eigenvalue weighted by molar-refractivity contribution is -0.136. The summed E-state index contributed by atoms with van der Waals surface area (Å²) in [6, 6.07) is 7.47. The van der Waals surface area contributed by atoms with Crippen LogP contribution < -0.4 is 10.6 Å². The van der Waals surface area contributed by atoms with Gasteiger partial charge in [-0.05, 0) is 36.3 Å². The summed E-state index contributed by atoms with van der Waals surface area (Å²) in [5.74, 6) is -0.352. The average molecular weight is 355 g/mol. The molecule has 0 saturated carbocycles. The Morgan fingerprint density at radius 1 is 1.50 bits per heavy atom. The fourth-order valence-corrected chi connectivity index (χ4v) is 2.84. The van der Waals surface area contributed by atoms with E-state index in [0.29, 0.717) is 17.1 Å². The molecule has 1 aliphatic rings. The molecular formula is C14H15BrN2O2S. The molecule has 0 aliphatic carbocycles. The molecule has 1 heterocycles. The van der Waals surface area contributed by atoms with Gasteiger partial charge in [-0.1, -0.05) is 35.0 Å². The SMILES string of the molecule is CCC1=C(C(=O)OC)C(c2cccc(Br)c2)NC(=S)N1. The maximum Gasteiger partial charge on any atom is 0.337 e. The maximum atomic E-state index is 12.1. The van der Waals surface area contributed by atoms with E-state index in [4.69, 9.17) is 17.0 Å². The number of hydrogen-bond acceptors (Lipinski definition) is 3. The number of nitrogens with one attached hydrogen (secondary N) is 2. The quantitative estimate of drug-likeness (QED) is 0.645. The number of ether oxygens (including phenoxy) is 1. The van der Waals surface area contributed by atoms with Crippen molar-refractivity contribution in [2.24, 2.45) is 0 Å². The summed E-state index contributed by atoms with van der Waals surface area (Å²) < 4.78 is 5.85. The molecule has 0 bridgehead atoms. The molecule has 2 rings (SSSR count). The van der Waals surface area contributed by atoms with Crippen LogP contribution in [0.4, 0.5) is 0 Å². The van der Waals surface area contributed by atoms with Crippen molar-refractivity contribution < 1.29 is 9.53 Å². The first kappa shape index (κ1) is 15.0. The lowest BCUT2D eigenvalue weighted by Gasteiger charge is -2.30. The zero-order valence-electron chi connectivity index (χ0n) is 11.2. The number of methoxy groups -OCH3 is 1. The predicted molar refractivity (Wildman–Crippen MR) is 85.1 cm³/mol. The van der Waals surface area contributed by atoms with Crippen molar-refractivity contribution in [2.45, 2.75) is 19.4 Å². The summed E-state index contributed by atoms with van der Waals surface area (Å²) in [6.07, 6.45) is 0.677. The second-order valence-electron chi connectivity index (χ2n) is 4.32. The van der Waals surface area contributed by atoms with E-state index in [0.717, 1.165) is 15.7 Å². The van der Waals surface area contributed by atoms with Gasteiger partial charge in [0.1, 0.15) is 0 Å². The van der Waals surface area contributed by atoms with Gasteiger partial charge in [-0.2, -0.15) is 0 Å². The molecule has 0 aromatic heterocycles. The zero-order chi connectivity index (χ0) is 14.7. The molecule has 0 saturated heterocycles. The van der Waals surface area contributed by atoms with Crippen molar-refractivity contribution in [3.63, 3.8) is 0 Å². The first-order valence-electron chi connectivity index (χ1n) is 6.21. The maximum absolute atomic E-state index is 12.1. The molecule has 0 radical (unpaired) electrons. The molecule has 106 valence electrons.